The number of benzene rings is 2. The number of hydrogen-bond donors (Lipinski definition) is 1. The van der Waals surface area contributed by atoms with E-state index in [0.29, 0.717) is 6.54 Å². The standard InChI is InChI=1S/C27H30F3N3O/c1-20-32(16-8-15-26(28,29)30)17-18-33(20)24-14-13-23(19-24)27(25(31)34,21-9-4-2-5-10-21)22-11-6-3-7-12-22/h2-7,9-12,17-18,23-24H,8,13-16,19H2,1H3,(H-,31,34)/p+1. The molecule has 2 N–H and O–H groups in total. The average Bonchev–Trinajstić information content (AvgIpc) is 3.42. The summed E-state index contributed by atoms with van der Waals surface area (Å²) in [5, 5.41) is 0. The molecule has 0 spiro atoms. The summed E-state index contributed by atoms with van der Waals surface area (Å²) in [5.74, 6) is 0.569. The number of nitrogens with zero attached hydrogens (tertiary/aromatic N) is 2. The van der Waals surface area contributed by atoms with Crippen molar-refractivity contribution in [3.05, 3.63) is 90.0 Å². The summed E-state index contributed by atoms with van der Waals surface area (Å²) in [6.07, 6.45) is 1.39. The molecule has 0 saturated heterocycles. The Kier molecular flexibility index (Phi) is 6.82. The van der Waals surface area contributed by atoms with Gasteiger partial charge in [-0.05, 0) is 42.7 Å². The molecule has 180 valence electrons. The lowest BCUT2D eigenvalue weighted by atomic mass is 9.64. The van der Waals surface area contributed by atoms with Crippen molar-refractivity contribution in [3.8, 4) is 0 Å². The van der Waals surface area contributed by atoms with Crippen LogP contribution in [0.1, 0.15) is 55.1 Å². The fraction of sp³-hybridized carbons (Fsp3) is 0.407. The second kappa shape index (κ2) is 9.65. The van der Waals surface area contributed by atoms with Gasteiger partial charge in [-0.2, -0.15) is 13.2 Å². The Hall–Kier alpha value is -3.09. The van der Waals surface area contributed by atoms with Gasteiger partial charge in [-0.25, -0.2) is 9.13 Å². The summed E-state index contributed by atoms with van der Waals surface area (Å²) in [7, 11) is 0. The highest BCUT2D eigenvalue weighted by molar-refractivity contribution is 5.91. The lowest BCUT2D eigenvalue weighted by Crippen LogP contribution is -2.47. The number of halogens is 3. The first-order valence-electron chi connectivity index (χ1n) is 11.8. The van der Waals surface area contributed by atoms with Gasteiger partial charge in [0.2, 0.25) is 5.91 Å². The molecule has 1 saturated carbocycles. The molecular weight excluding hydrogens is 439 g/mol. The van der Waals surface area contributed by atoms with Gasteiger partial charge < -0.3 is 5.73 Å². The zero-order valence-corrected chi connectivity index (χ0v) is 19.3. The van der Waals surface area contributed by atoms with Crippen molar-refractivity contribution in [2.45, 2.75) is 63.2 Å². The second-order valence-corrected chi connectivity index (χ2v) is 9.23. The molecule has 4 rings (SSSR count). The summed E-state index contributed by atoms with van der Waals surface area (Å²) in [4.78, 5) is 13.2. The normalized spacial score (nSPS) is 18.8. The van der Waals surface area contributed by atoms with Crippen LogP contribution in [-0.4, -0.2) is 16.7 Å². The van der Waals surface area contributed by atoms with Crippen molar-refractivity contribution in [2.24, 2.45) is 11.7 Å². The number of aryl methyl sites for hydroxylation is 1. The van der Waals surface area contributed by atoms with Gasteiger partial charge in [0, 0.05) is 13.3 Å². The summed E-state index contributed by atoms with van der Waals surface area (Å²) < 4.78 is 41.7. The number of primary amides is 1. The minimum Gasteiger partial charge on any atom is -0.369 e. The first-order chi connectivity index (χ1) is 16.2. The van der Waals surface area contributed by atoms with Gasteiger partial charge >= 0.3 is 6.18 Å². The van der Waals surface area contributed by atoms with E-state index in [1.807, 2.05) is 84.5 Å². The van der Waals surface area contributed by atoms with E-state index in [1.165, 1.54) is 0 Å². The smallest absolute Gasteiger partial charge is 0.369 e. The molecule has 1 aliphatic carbocycles. The highest BCUT2D eigenvalue weighted by Crippen LogP contribution is 2.49. The molecule has 1 aromatic heterocycles. The first-order valence-corrected chi connectivity index (χ1v) is 11.8. The Morgan fingerprint density at radius 1 is 1.03 bits per heavy atom. The van der Waals surface area contributed by atoms with Crippen LogP contribution in [-0.2, 0) is 16.8 Å². The van der Waals surface area contributed by atoms with Crippen molar-refractivity contribution in [1.29, 1.82) is 0 Å². The van der Waals surface area contributed by atoms with Crippen LogP contribution in [0, 0.1) is 12.8 Å². The molecule has 3 aromatic rings. The van der Waals surface area contributed by atoms with Crippen LogP contribution in [0.3, 0.4) is 0 Å². The molecule has 2 unspecified atom stereocenters. The second-order valence-electron chi connectivity index (χ2n) is 9.23. The van der Waals surface area contributed by atoms with E-state index in [9.17, 15) is 18.0 Å². The molecule has 0 aliphatic heterocycles. The van der Waals surface area contributed by atoms with E-state index in [4.69, 9.17) is 5.73 Å². The Morgan fingerprint density at radius 3 is 2.15 bits per heavy atom. The maximum Gasteiger partial charge on any atom is 0.389 e. The largest absolute Gasteiger partial charge is 0.389 e. The van der Waals surface area contributed by atoms with Crippen LogP contribution in [0.2, 0.25) is 0 Å². The molecule has 4 nitrogen and oxygen atoms in total. The van der Waals surface area contributed by atoms with Gasteiger partial charge in [-0.3, -0.25) is 4.79 Å². The van der Waals surface area contributed by atoms with Gasteiger partial charge in [-0.1, -0.05) is 60.7 Å². The quantitative estimate of drug-likeness (QED) is 0.450. The zero-order chi connectivity index (χ0) is 24.3. The molecule has 2 atom stereocenters. The van der Waals surface area contributed by atoms with E-state index in [1.54, 1.807) is 0 Å². The van der Waals surface area contributed by atoms with Crippen LogP contribution in [0.15, 0.2) is 73.1 Å². The highest BCUT2D eigenvalue weighted by atomic mass is 19.4. The van der Waals surface area contributed by atoms with Crippen molar-refractivity contribution in [3.63, 3.8) is 0 Å². The van der Waals surface area contributed by atoms with Gasteiger partial charge in [0.05, 0.1) is 6.54 Å². The van der Waals surface area contributed by atoms with Gasteiger partial charge in [-0.15, -0.1) is 0 Å². The van der Waals surface area contributed by atoms with Crippen molar-refractivity contribution in [2.75, 3.05) is 0 Å². The number of aromatic nitrogens is 2. The number of hydrogen-bond acceptors (Lipinski definition) is 1. The molecule has 1 aliphatic rings. The van der Waals surface area contributed by atoms with Gasteiger partial charge in [0.15, 0.2) is 0 Å². The number of amides is 1. The molecule has 1 heterocycles. The predicted molar refractivity (Wildman–Crippen MR) is 124 cm³/mol. The topological polar surface area (TPSA) is 51.9 Å². The van der Waals surface area contributed by atoms with Crippen LogP contribution in [0.4, 0.5) is 13.2 Å². The molecule has 7 heteroatoms. The molecule has 1 amide bonds. The molecule has 0 bridgehead atoms. The summed E-state index contributed by atoms with van der Waals surface area (Å²) in [6, 6.07) is 19.6. The van der Waals surface area contributed by atoms with Crippen LogP contribution < -0.4 is 10.3 Å². The van der Waals surface area contributed by atoms with Gasteiger partial charge in [0.1, 0.15) is 23.9 Å². The summed E-state index contributed by atoms with van der Waals surface area (Å²) in [6.45, 7) is 2.27. The minimum atomic E-state index is -4.14. The number of nitrogens with two attached hydrogens (primary N) is 1. The minimum absolute atomic E-state index is 0.000259. The lowest BCUT2D eigenvalue weighted by Gasteiger charge is -2.37. The van der Waals surface area contributed by atoms with Crippen LogP contribution in [0.25, 0.3) is 0 Å². The SMILES string of the molecule is Cc1n(C2CCC(C(C(N)=O)(c3ccccc3)c3ccccc3)C2)cc[n+]1CCCC(F)(F)F. The van der Waals surface area contributed by atoms with E-state index in [-0.39, 0.29) is 24.3 Å². The number of carbonyl (C=O) groups is 1. The summed E-state index contributed by atoms with van der Waals surface area (Å²) in [5.41, 5.74) is 7.03. The third-order valence-corrected chi connectivity index (χ3v) is 7.31. The third-order valence-electron chi connectivity index (χ3n) is 7.31. The fourth-order valence-electron chi connectivity index (χ4n) is 5.72. The lowest BCUT2D eigenvalue weighted by molar-refractivity contribution is -0.703. The molecule has 2 aromatic carbocycles. The molecular formula is C27H31F3N3O+. The van der Waals surface area contributed by atoms with Crippen LogP contribution in [0.5, 0.6) is 0 Å². The number of rotatable bonds is 8. The Morgan fingerprint density at radius 2 is 1.62 bits per heavy atom. The maximum absolute atomic E-state index is 13.2. The van der Waals surface area contributed by atoms with Gasteiger partial charge in [0.25, 0.3) is 5.82 Å². The first kappa shape index (κ1) is 24.0. The third kappa shape index (κ3) is 4.61. The van der Waals surface area contributed by atoms with Crippen LogP contribution >= 0.6 is 0 Å². The Bertz CT molecular complexity index is 1070. The Labute approximate surface area is 198 Å². The number of alkyl halides is 3. The zero-order valence-electron chi connectivity index (χ0n) is 19.3. The molecule has 34 heavy (non-hydrogen) atoms. The number of carbonyl (C=O) groups excluding carboxylic acids is 1. The molecule has 1 fully saturated rings. The summed E-state index contributed by atoms with van der Waals surface area (Å²) >= 11 is 0. The van der Waals surface area contributed by atoms with Crippen molar-refractivity contribution >= 4 is 5.91 Å². The Balaban J connectivity index is 1.62. The monoisotopic (exact) mass is 470 g/mol. The van der Waals surface area contributed by atoms with Crippen molar-refractivity contribution < 1.29 is 22.5 Å². The van der Waals surface area contributed by atoms with Crippen molar-refractivity contribution in [1.82, 2.24) is 4.57 Å². The predicted octanol–water partition coefficient (Wildman–Crippen LogP) is 5.24. The molecule has 0 radical (unpaired) electrons. The van der Waals surface area contributed by atoms with E-state index < -0.39 is 18.0 Å². The number of imidazole rings is 1. The maximum atomic E-state index is 13.2. The fourth-order valence-corrected chi connectivity index (χ4v) is 5.72. The van der Waals surface area contributed by atoms with E-state index >= 15 is 0 Å². The average molecular weight is 471 g/mol. The van der Waals surface area contributed by atoms with E-state index in [0.717, 1.165) is 36.2 Å². The highest BCUT2D eigenvalue weighted by Gasteiger charge is 2.51. The van der Waals surface area contributed by atoms with E-state index in [2.05, 4.69) is 4.57 Å².